The van der Waals surface area contributed by atoms with Crippen LogP contribution in [0.2, 0.25) is 0 Å². The molecule has 10 heteroatoms. The predicted molar refractivity (Wildman–Crippen MR) is 307 cm³/mol. The summed E-state index contributed by atoms with van der Waals surface area (Å²) in [5.41, 5.74) is 7.77. The van der Waals surface area contributed by atoms with Gasteiger partial charge in [0.15, 0.2) is 23.0 Å². The highest BCUT2D eigenvalue weighted by Crippen LogP contribution is 2.85. The van der Waals surface area contributed by atoms with Crippen LogP contribution in [0.4, 0.5) is 0 Å². The molecule has 404 valence electrons. The molecule has 10 nitrogen and oxygen atoms in total. The smallest absolute Gasteiger partial charge is 0.169 e. The molecule has 16 unspecified atom stereocenters. The molecule has 10 aliphatic rings. The van der Waals surface area contributed by atoms with Gasteiger partial charge in [0.25, 0.3) is 0 Å². The molecule has 2 saturated heterocycles. The number of aliphatic hydroxyl groups excluding tert-OH is 1. The molecule has 1 aromatic heterocycles. The minimum absolute atomic E-state index is 0.00604. The van der Waals surface area contributed by atoms with Crippen molar-refractivity contribution in [2.45, 2.75) is 137 Å². The zero-order valence-corrected chi connectivity index (χ0v) is 44.7. The number of nitrogens with one attached hydrogen (secondary N) is 3. The van der Waals surface area contributed by atoms with Crippen molar-refractivity contribution in [1.82, 2.24) is 20.6 Å². The van der Waals surface area contributed by atoms with Crippen molar-refractivity contribution in [2.75, 3.05) is 0 Å². The van der Waals surface area contributed by atoms with Crippen LogP contribution in [0.15, 0.2) is 134 Å². The molecule has 0 amide bonds. The molecule has 6 fully saturated rings. The molecule has 4 saturated carbocycles. The summed E-state index contributed by atoms with van der Waals surface area (Å²) >= 11 is 0. The lowest BCUT2D eigenvalue weighted by Crippen LogP contribution is -2.80. The lowest BCUT2D eigenvalue weighted by atomic mass is 9.28. The normalized spacial score (nSPS) is 38.8. The summed E-state index contributed by atoms with van der Waals surface area (Å²) in [5.74, 6) is 0.769. The first-order valence-electron chi connectivity index (χ1n) is 29.8. The van der Waals surface area contributed by atoms with Crippen LogP contribution in [0.5, 0.6) is 28.7 Å². The molecule has 6 aromatic rings. The van der Waals surface area contributed by atoms with E-state index in [0.29, 0.717) is 64.6 Å². The summed E-state index contributed by atoms with van der Waals surface area (Å²) in [6.45, 7) is 0. The van der Waals surface area contributed by atoms with E-state index in [-0.39, 0.29) is 85.8 Å². The third kappa shape index (κ3) is 6.48. The van der Waals surface area contributed by atoms with Gasteiger partial charge in [0.05, 0.1) is 23.5 Å². The molecule has 3 aliphatic heterocycles. The number of hydrogen-bond acceptors (Lipinski definition) is 9. The van der Waals surface area contributed by atoms with E-state index >= 15 is 0 Å². The molecule has 16 rings (SSSR count). The molecule has 4 spiro atoms. The van der Waals surface area contributed by atoms with Crippen molar-refractivity contribution in [3.05, 3.63) is 179 Å². The van der Waals surface area contributed by atoms with Crippen molar-refractivity contribution in [2.24, 2.45) is 45.3 Å². The summed E-state index contributed by atoms with van der Waals surface area (Å²) in [6, 6.07) is 30.7. The summed E-state index contributed by atoms with van der Waals surface area (Å²) in [4.78, 5) is 9.59. The average molecular weight is 1050 g/mol. The molecule has 0 radical (unpaired) electrons. The summed E-state index contributed by atoms with van der Waals surface area (Å²) < 4.78 is 0. The highest BCUT2D eigenvalue weighted by atomic mass is 16.3. The highest BCUT2D eigenvalue weighted by molar-refractivity contribution is 6.03. The minimum Gasteiger partial charge on any atom is -0.507 e. The zero-order chi connectivity index (χ0) is 53.2. The molecule has 4 heterocycles. The molecule has 9 N–H and O–H groups in total. The Kier molecular flexibility index (Phi) is 10.5. The Morgan fingerprint density at radius 2 is 1.57 bits per heavy atom. The van der Waals surface area contributed by atoms with E-state index < -0.39 is 11.5 Å². The van der Waals surface area contributed by atoms with Gasteiger partial charge in [-0.05, 0) is 174 Å². The molecular weight excluding hydrogens is 981 g/mol. The van der Waals surface area contributed by atoms with Gasteiger partial charge < -0.3 is 46.3 Å². The summed E-state index contributed by atoms with van der Waals surface area (Å²) in [6.07, 6.45) is 35.1. The second-order valence-electron chi connectivity index (χ2n) is 26.5. The number of aromatic hydroxyl groups is 5. The SMILES string of the molecule is Oc1ccc(C=Cc2c(CCc3ccc(C4CC5(CC6C=CC(c7ccccc7)C(C5)N6)C5CC6CCC78C=CC(C7)c7[nH]cnc7C7(C5N4)C4C(O)C=CC5CCCC54CCC687)cc3)c(O)c(O)c3c(O)cccc23)cc1O. The van der Waals surface area contributed by atoms with E-state index in [1.165, 1.54) is 92.1 Å². The highest BCUT2D eigenvalue weighted by Gasteiger charge is 2.84. The Hall–Kier alpha value is -6.59. The number of piperidine rings is 2. The number of phenolic OH excluding ortho intramolecular Hbond substituents is 5. The monoisotopic (exact) mass is 1050 g/mol. The Morgan fingerprint density at radius 3 is 2.43 bits per heavy atom. The van der Waals surface area contributed by atoms with Crippen molar-refractivity contribution in [3.63, 3.8) is 0 Å². The van der Waals surface area contributed by atoms with Gasteiger partial charge in [-0.3, -0.25) is 0 Å². The Balaban J connectivity index is 0.822. The number of aliphatic hydroxyl groups is 1. The maximum absolute atomic E-state index is 13.3. The van der Waals surface area contributed by atoms with Crippen molar-refractivity contribution in [1.29, 1.82) is 0 Å². The van der Waals surface area contributed by atoms with Crippen molar-refractivity contribution >= 4 is 22.9 Å². The first kappa shape index (κ1) is 48.3. The number of hydrogen-bond donors (Lipinski definition) is 9. The third-order valence-electron chi connectivity index (χ3n) is 23.7. The number of nitrogens with zero attached hydrogens (tertiary/aromatic N) is 1. The minimum atomic E-state index is -0.559. The van der Waals surface area contributed by atoms with Gasteiger partial charge in [0, 0.05) is 58.6 Å². The second kappa shape index (κ2) is 17.2. The number of imidazole rings is 1. The fourth-order valence-corrected chi connectivity index (χ4v) is 21.1. The van der Waals surface area contributed by atoms with Crippen molar-refractivity contribution < 1.29 is 30.6 Å². The number of aryl methyl sites for hydroxylation is 1. The number of rotatable bonds is 7. The summed E-state index contributed by atoms with van der Waals surface area (Å²) in [7, 11) is 0. The third-order valence-corrected chi connectivity index (χ3v) is 23.7. The number of aromatic amines is 1. The maximum atomic E-state index is 13.3. The number of allylic oxidation sites excluding steroid dienone is 3. The van der Waals surface area contributed by atoms with Crippen LogP contribution < -0.4 is 10.6 Å². The van der Waals surface area contributed by atoms with Gasteiger partial charge >= 0.3 is 0 Å². The van der Waals surface area contributed by atoms with Gasteiger partial charge in [-0.15, -0.1) is 0 Å². The van der Waals surface area contributed by atoms with E-state index in [2.05, 4.69) is 101 Å². The van der Waals surface area contributed by atoms with E-state index in [1.54, 1.807) is 18.2 Å². The fraction of sp³-hybridized carbons (Fsp3) is 0.435. The van der Waals surface area contributed by atoms with Gasteiger partial charge in [-0.1, -0.05) is 128 Å². The van der Waals surface area contributed by atoms with Crippen molar-refractivity contribution in [3.8, 4) is 28.7 Å². The van der Waals surface area contributed by atoms with Crippen LogP contribution in [0.3, 0.4) is 0 Å². The maximum Gasteiger partial charge on any atom is 0.169 e. The first-order chi connectivity index (χ1) is 38.5. The average Bonchev–Trinajstić information content (AvgIpc) is 1.92. The van der Waals surface area contributed by atoms with Gasteiger partial charge in [0.2, 0.25) is 0 Å². The van der Waals surface area contributed by atoms with E-state index in [9.17, 15) is 30.6 Å². The van der Waals surface area contributed by atoms with E-state index in [0.717, 1.165) is 31.2 Å². The number of phenols is 5. The quantitative estimate of drug-likeness (QED) is 0.0428. The lowest BCUT2D eigenvalue weighted by molar-refractivity contribution is -0.239. The van der Waals surface area contributed by atoms with Crippen LogP contribution in [0.1, 0.15) is 140 Å². The first-order valence-corrected chi connectivity index (χ1v) is 29.8. The lowest BCUT2D eigenvalue weighted by Gasteiger charge is -2.77. The van der Waals surface area contributed by atoms with Gasteiger partial charge in [-0.2, -0.15) is 0 Å². The predicted octanol–water partition coefficient (Wildman–Crippen LogP) is 12.4. The topological polar surface area (TPSA) is 174 Å². The van der Waals surface area contributed by atoms with Crippen LogP contribution in [0.25, 0.3) is 22.9 Å². The number of fused-ring (bicyclic) bond motifs is 8. The molecule has 4 bridgehead atoms. The standard InChI is InChI=1S/C69H72N4O6/c74-54-23-15-40(32-57(54)77)14-20-48-49-9-4-10-55(75)58(49)61(79)60(78)50(48)21-13-39-11-16-42(17-12-39)52-36-65(35-46-19-22-47(53(37-65)72-46)41-6-2-1-3-7-41)51-33-45-26-29-66-28-25-43(34-66)59-64(71-38-70-59)69(63(51)73-52)62-56(76)24-18-44-8-5-27-67(44,62)30-31-68(45,66)69/h1-4,6-7,9-12,14-20,22-25,28,32,38,43-47,51-53,56,62-63,72-79H,5,8,13,21,26-27,29-31,33-37H2,(H,70,71). The van der Waals surface area contributed by atoms with Crippen LogP contribution in [0, 0.1) is 45.3 Å². The molecule has 16 atom stereocenters. The fourth-order valence-electron chi connectivity index (χ4n) is 21.1. The summed E-state index contributed by atoms with van der Waals surface area (Å²) in [5, 5.41) is 77.5. The number of H-pyrrole nitrogens is 1. The Morgan fingerprint density at radius 1 is 0.696 bits per heavy atom. The molecule has 7 aliphatic carbocycles. The zero-order valence-electron chi connectivity index (χ0n) is 44.7. The van der Waals surface area contributed by atoms with Crippen LogP contribution >= 0.6 is 0 Å². The van der Waals surface area contributed by atoms with Crippen LogP contribution in [-0.2, 0) is 18.3 Å². The molecule has 5 aromatic carbocycles. The molecular formula is C69H72N4O6. The number of benzene rings is 5. The van der Waals surface area contributed by atoms with Gasteiger partial charge in [0.1, 0.15) is 5.75 Å². The Bertz CT molecular complexity index is 3590. The number of aromatic nitrogens is 2. The van der Waals surface area contributed by atoms with E-state index in [1.807, 2.05) is 18.5 Å². The molecule has 79 heavy (non-hydrogen) atoms. The van der Waals surface area contributed by atoms with E-state index in [4.69, 9.17) is 10.3 Å². The van der Waals surface area contributed by atoms with Gasteiger partial charge in [-0.25, -0.2) is 4.98 Å². The van der Waals surface area contributed by atoms with Crippen LogP contribution in [-0.4, -0.2) is 64.8 Å². The Labute approximate surface area is 462 Å². The largest absolute Gasteiger partial charge is 0.507 e. The second-order valence-corrected chi connectivity index (χ2v) is 26.5.